The van der Waals surface area contributed by atoms with Crippen LogP contribution in [0, 0.1) is 0 Å². The van der Waals surface area contributed by atoms with Crippen LogP contribution in [0.3, 0.4) is 0 Å². The molecule has 0 amide bonds. The summed E-state index contributed by atoms with van der Waals surface area (Å²) in [4.78, 5) is 10.1. The molecule has 0 spiro atoms. The summed E-state index contributed by atoms with van der Waals surface area (Å²) in [6.07, 6.45) is 8.64. The Morgan fingerprint density at radius 1 is 1.06 bits per heavy atom. The molecule has 0 aliphatic carbocycles. The van der Waals surface area contributed by atoms with E-state index in [2.05, 4.69) is 12.2 Å². The number of rotatable bonds is 8. The van der Waals surface area contributed by atoms with E-state index < -0.39 is 5.97 Å². The number of morpholine rings is 1. The molecule has 1 rings (SSSR count). The summed E-state index contributed by atoms with van der Waals surface area (Å²) in [6.45, 7) is 6.03. The Morgan fingerprint density at radius 2 is 1.61 bits per heavy atom. The second-order valence-corrected chi connectivity index (χ2v) is 4.63. The molecule has 0 aromatic carbocycles. The molecule has 0 saturated carbocycles. The average Bonchev–Trinajstić information content (AvgIpc) is 2.40. The lowest BCUT2D eigenvalue weighted by atomic mass is 10.1. The molecule has 1 aliphatic rings. The number of unbranched alkanes of at least 4 members (excludes halogenated alkanes) is 6. The number of carboxylic acid groups (broad SMARTS) is 1. The molecule has 0 aromatic heterocycles. The molecule has 0 unspecified atom stereocenters. The maximum absolute atomic E-state index is 10.1. The van der Waals surface area contributed by atoms with Crippen LogP contribution in [0.2, 0.25) is 0 Å². The fourth-order valence-electron chi connectivity index (χ4n) is 1.75. The van der Waals surface area contributed by atoms with Gasteiger partial charge in [-0.05, 0) is 6.42 Å². The van der Waals surface area contributed by atoms with Gasteiger partial charge in [-0.25, -0.2) is 0 Å². The zero-order valence-electron chi connectivity index (χ0n) is 11.7. The normalized spacial score (nSPS) is 14.7. The summed E-state index contributed by atoms with van der Waals surface area (Å²) in [7, 11) is 0. The minimum absolute atomic E-state index is 0.341. The number of ether oxygens (including phenoxy) is 1. The molecular weight excluding hydrogens is 230 g/mol. The molecule has 0 aromatic rings. The van der Waals surface area contributed by atoms with Crippen LogP contribution >= 0.6 is 0 Å². The molecule has 4 heteroatoms. The Bertz CT molecular complexity index is 170. The number of nitrogens with one attached hydrogen (secondary N) is 1. The van der Waals surface area contributed by atoms with E-state index in [1.54, 1.807) is 0 Å². The Morgan fingerprint density at radius 3 is 2.00 bits per heavy atom. The van der Waals surface area contributed by atoms with Crippen molar-refractivity contribution in [3.63, 3.8) is 0 Å². The zero-order chi connectivity index (χ0) is 13.5. The minimum Gasteiger partial charge on any atom is -0.481 e. The molecular formula is C14H29NO3. The van der Waals surface area contributed by atoms with Gasteiger partial charge in [-0.15, -0.1) is 0 Å². The number of hydrogen-bond acceptors (Lipinski definition) is 3. The van der Waals surface area contributed by atoms with E-state index in [0.29, 0.717) is 6.42 Å². The highest BCUT2D eigenvalue weighted by atomic mass is 16.5. The van der Waals surface area contributed by atoms with Crippen LogP contribution in [0.1, 0.15) is 58.3 Å². The molecule has 0 atom stereocenters. The molecule has 1 fully saturated rings. The number of carbonyl (C=O) groups is 1. The molecule has 108 valence electrons. The third-order valence-corrected chi connectivity index (χ3v) is 2.84. The van der Waals surface area contributed by atoms with Crippen molar-refractivity contribution in [1.29, 1.82) is 0 Å². The Labute approximate surface area is 111 Å². The second kappa shape index (κ2) is 14.5. The van der Waals surface area contributed by atoms with Gasteiger partial charge >= 0.3 is 5.97 Å². The largest absolute Gasteiger partial charge is 0.481 e. The molecule has 1 saturated heterocycles. The Hall–Kier alpha value is -0.610. The summed E-state index contributed by atoms with van der Waals surface area (Å²) in [5.41, 5.74) is 0. The van der Waals surface area contributed by atoms with E-state index in [0.717, 1.165) is 39.1 Å². The third-order valence-electron chi connectivity index (χ3n) is 2.84. The standard InChI is InChI=1S/C10H20O2.C4H9NO/c1-2-3-4-5-6-7-8-9-10(11)12;1-3-6-4-2-5-1/h2-9H2,1H3,(H,11,12);5H,1-4H2. The predicted octanol–water partition coefficient (Wildman–Crippen LogP) is 2.82. The van der Waals surface area contributed by atoms with Crippen molar-refractivity contribution in [3.05, 3.63) is 0 Å². The summed E-state index contributed by atoms with van der Waals surface area (Å²) in [5, 5.41) is 11.5. The van der Waals surface area contributed by atoms with Crippen molar-refractivity contribution in [2.24, 2.45) is 0 Å². The van der Waals surface area contributed by atoms with Gasteiger partial charge in [0, 0.05) is 19.5 Å². The van der Waals surface area contributed by atoms with Gasteiger partial charge in [0.1, 0.15) is 0 Å². The van der Waals surface area contributed by atoms with E-state index >= 15 is 0 Å². The van der Waals surface area contributed by atoms with Gasteiger partial charge in [0.15, 0.2) is 0 Å². The average molecular weight is 259 g/mol. The first-order chi connectivity index (χ1) is 8.77. The fourth-order valence-corrected chi connectivity index (χ4v) is 1.75. The smallest absolute Gasteiger partial charge is 0.303 e. The molecule has 2 N–H and O–H groups in total. The van der Waals surface area contributed by atoms with Gasteiger partial charge in [-0.2, -0.15) is 0 Å². The topological polar surface area (TPSA) is 58.6 Å². The van der Waals surface area contributed by atoms with Crippen molar-refractivity contribution < 1.29 is 14.6 Å². The zero-order valence-corrected chi connectivity index (χ0v) is 11.7. The monoisotopic (exact) mass is 259 g/mol. The van der Waals surface area contributed by atoms with Crippen LogP contribution in [-0.2, 0) is 9.53 Å². The summed E-state index contributed by atoms with van der Waals surface area (Å²) < 4.78 is 5.01. The first-order valence-corrected chi connectivity index (χ1v) is 7.27. The molecule has 0 radical (unpaired) electrons. The van der Waals surface area contributed by atoms with Crippen LogP contribution in [-0.4, -0.2) is 37.4 Å². The minimum atomic E-state index is -0.663. The third kappa shape index (κ3) is 15.4. The van der Waals surface area contributed by atoms with Crippen molar-refractivity contribution in [3.8, 4) is 0 Å². The molecule has 1 heterocycles. The van der Waals surface area contributed by atoms with Crippen molar-refractivity contribution in [1.82, 2.24) is 5.32 Å². The van der Waals surface area contributed by atoms with Crippen LogP contribution < -0.4 is 5.32 Å². The molecule has 1 aliphatic heterocycles. The Kier molecular flexibility index (Phi) is 14.0. The Balaban J connectivity index is 0.000000397. The number of aliphatic carboxylic acids is 1. The number of hydrogen-bond donors (Lipinski definition) is 2. The van der Waals surface area contributed by atoms with Crippen molar-refractivity contribution >= 4 is 5.97 Å². The van der Waals surface area contributed by atoms with E-state index in [9.17, 15) is 4.79 Å². The summed E-state index contributed by atoms with van der Waals surface area (Å²) >= 11 is 0. The first kappa shape index (κ1) is 17.4. The van der Waals surface area contributed by atoms with Gasteiger partial charge in [0.05, 0.1) is 13.2 Å². The summed E-state index contributed by atoms with van der Waals surface area (Å²) in [6, 6.07) is 0. The quantitative estimate of drug-likeness (QED) is 0.658. The van der Waals surface area contributed by atoms with Crippen LogP contribution in [0.25, 0.3) is 0 Å². The highest BCUT2D eigenvalue weighted by Crippen LogP contribution is 2.07. The van der Waals surface area contributed by atoms with Crippen molar-refractivity contribution in [2.45, 2.75) is 58.3 Å². The maximum atomic E-state index is 10.1. The van der Waals surface area contributed by atoms with E-state index in [1.165, 1.54) is 32.1 Å². The van der Waals surface area contributed by atoms with Gasteiger partial charge in [0.25, 0.3) is 0 Å². The van der Waals surface area contributed by atoms with Crippen LogP contribution in [0.4, 0.5) is 0 Å². The van der Waals surface area contributed by atoms with Crippen LogP contribution in [0.15, 0.2) is 0 Å². The van der Waals surface area contributed by atoms with Gasteiger partial charge in [-0.1, -0.05) is 45.4 Å². The maximum Gasteiger partial charge on any atom is 0.303 e. The molecule has 0 bridgehead atoms. The van der Waals surface area contributed by atoms with E-state index in [4.69, 9.17) is 9.84 Å². The second-order valence-electron chi connectivity index (χ2n) is 4.63. The lowest BCUT2D eigenvalue weighted by Crippen LogP contribution is -2.30. The molecule has 4 nitrogen and oxygen atoms in total. The van der Waals surface area contributed by atoms with Gasteiger partial charge < -0.3 is 15.2 Å². The van der Waals surface area contributed by atoms with E-state index in [1.807, 2.05) is 0 Å². The first-order valence-electron chi connectivity index (χ1n) is 7.27. The van der Waals surface area contributed by atoms with Gasteiger partial charge in [-0.3, -0.25) is 4.79 Å². The lowest BCUT2D eigenvalue weighted by molar-refractivity contribution is -0.137. The van der Waals surface area contributed by atoms with Gasteiger partial charge in [0.2, 0.25) is 0 Å². The lowest BCUT2D eigenvalue weighted by Gasteiger charge is -2.10. The molecule has 18 heavy (non-hydrogen) atoms. The highest BCUT2D eigenvalue weighted by molar-refractivity contribution is 5.66. The van der Waals surface area contributed by atoms with E-state index in [-0.39, 0.29) is 0 Å². The van der Waals surface area contributed by atoms with Crippen LogP contribution in [0.5, 0.6) is 0 Å². The summed E-state index contributed by atoms with van der Waals surface area (Å²) in [5.74, 6) is -0.663. The van der Waals surface area contributed by atoms with Crippen molar-refractivity contribution in [2.75, 3.05) is 26.3 Å². The predicted molar refractivity (Wildman–Crippen MR) is 73.9 cm³/mol. The SMILES string of the molecule is C1COCCN1.CCCCCCCCCC(=O)O. The number of carboxylic acids is 1. The highest BCUT2D eigenvalue weighted by Gasteiger charge is 1.95. The fraction of sp³-hybridized carbons (Fsp3) is 0.929.